The molecule has 7 heteroatoms. The summed E-state index contributed by atoms with van der Waals surface area (Å²) in [6.07, 6.45) is -4.27. The summed E-state index contributed by atoms with van der Waals surface area (Å²) in [4.78, 5) is 12.6. The molecule has 0 amide bonds. The van der Waals surface area contributed by atoms with Crippen molar-refractivity contribution < 1.29 is 22.7 Å². The number of carbonyl (C=O) groups excluding carboxylic acids is 1. The third kappa shape index (κ3) is 8.30. The fourth-order valence-corrected chi connectivity index (χ4v) is 1.52. The maximum atomic E-state index is 12.2. The Morgan fingerprint density at radius 2 is 1.94 bits per heavy atom. The van der Waals surface area contributed by atoms with E-state index in [-0.39, 0.29) is 19.2 Å². The van der Waals surface area contributed by atoms with E-state index in [1.54, 1.807) is 6.92 Å². The second-order valence-electron chi connectivity index (χ2n) is 4.44. The average Bonchev–Trinajstić information content (AvgIpc) is 2.13. The zero-order valence-electron chi connectivity index (χ0n) is 11.2. The third-order valence-electron chi connectivity index (χ3n) is 2.05. The number of hydrogen-bond donors (Lipinski definition) is 1. The minimum absolute atomic E-state index is 0.0151. The van der Waals surface area contributed by atoms with Gasteiger partial charge in [0.2, 0.25) is 0 Å². The van der Waals surface area contributed by atoms with Crippen molar-refractivity contribution in [3.05, 3.63) is 0 Å². The van der Waals surface area contributed by atoms with Gasteiger partial charge in [0.15, 0.2) is 0 Å². The first-order valence-corrected chi connectivity index (χ1v) is 5.83. The molecule has 0 spiro atoms. The summed E-state index contributed by atoms with van der Waals surface area (Å²) in [6.45, 7) is 4.40. The van der Waals surface area contributed by atoms with Crippen LogP contribution in [-0.4, -0.2) is 55.9 Å². The van der Waals surface area contributed by atoms with Crippen LogP contribution in [0.25, 0.3) is 0 Å². The van der Waals surface area contributed by atoms with E-state index < -0.39 is 24.7 Å². The molecule has 0 saturated heterocycles. The molecule has 0 aromatic heterocycles. The van der Waals surface area contributed by atoms with Crippen molar-refractivity contribution in [1.29, 1.82) is 0 Å². The van der Waals surface area contributed by atoms with Gasteiger partial charge in [0.05, 0.1) is 13.2 Å². The van der Waals surface area contributed by atoms with Gasteiger partial charge in [-0.15, -0.1) is 0 Å². The van der Waals surface area contributed by atoms with Crippen molar-refractivity contribution in [2.75, 3.05) is 26.7 Å². The Balaban J connectivity index is 4.44. The lowest BCUT2D eigenvalue weighted by Crippen LogP contribution is -2.49. The summed E-state index contributed by atoms with van der Waals surface area (Å²) in [6, 6.07) is -0.768. The van der Waals surface area contributed by atoms with E-state index in [1.807, 2.05) is 13.8 Å². The predicted octanol–water partition coefficient (Wildman–Crippen LogP) is 1.41. The number of halogens is 3. The summed E-state index contributed by atoms with van der Waals surface area (Å²) in [5.74, 6) is -0.528. The van der Waals surface area contributed by atoms with Gasteiger partial charge < -0.3 is 10.1 Å². The third-order valence-corrected chi connectivity index (χ3v) is 2.05. The number of hydrogen-bond acceptors (Lipinski definition) is 4. The molecule has 0 bridgehead atoms. The van der Waals surface area contributed by atoms with Crippen LogP contribution in [0.15, 0.2) is 0 Å². The van der Waals surface area contributed by atoms with Crippen LogP contribution in [0.3, 0.4) is 0 Å². The summed E-state index contributed by atoms with van der Waals surface area (Å²) >= 11 is 0. The lowest BCUT2D eigenvalue weighted by molar-refractivity contribution is -0.152. The number of rotatable bonds is 7. The number of carbonyl (C=O) groups is 1. The number of esters is 1. The minimum atomic E-state index is -4.27. The lowest BCUT2D eigenvalue weighted by atomic mass is 10.2. The Hall–Kier alpha value is -0.820. The molecule has 4 nitrogen and oxygen atoms in total. The van der Waals surface area contributed by atoms with Crippen LogP contribution >= 0.6 is 0 Å². The van der Waals surface area contributed by atoms with E-state index in [2.05, 4.69) is 5.32 Å². The highest BCUT2D eigenvalue weighted by atomic mass is 19.4. The fraction of sp³-hybridized carbons (Fsp3) is 0.909. The van der Waals surface area contributed by atoms with Gasteiger partial charge in [-0.2, -0.15) is 13.2 Å². The Morgan fingerprint density at radius 3 is 2.33 bits per heavy atom. The molecular weight excluding hydrogens is 249 g/mol. The van der Waals surface area contributed by atoms with Crippen LogP contribution in [0.5, 0.6) is 0 Å². The molecule has 0 aromatic rings. The summed E-state index contributed by atoms with van der Waals surface area (Å²) in [5.41, 5.74) is 0. The Labute approximate surface area is 105 Å². The van der Waals surface area contributed by atoms with Gasteiger partial charge >= 0.3 is 12.1 Å². The summed E-state index contributed by atoms with van der Waals surface area (Å²) in [5, 5.41) is 2.90. The number of nitrogens with one attached hydrogen (secondary N) is 1. The van der Waals surface area contributed by atoms with E-state index in [4.69, 9.17) is 4.74 Å². The molecular formula is C11H21F3N2O2. The van der Waals surface area contributed by atoms with Gasteiger partial charge in [0.1, 0.15) is 6.04 Å². The molecule has 108 valence electrons. The second kappa shape index (κ2) is 7.58. The van der Waals surface area contributed by atoms with E-state index in [1.165, 1.54) is 7.05 Å². The van der Waals surface area contributed by atoms with Gasteiger partial charge in [-0.05, 0) is 14.0 Å². The molecule has 0 radical (unpaired) electrons. The smallest absolute Gasteiger partial charge is 0.401 e. The molecule has 0 aliphatic carbocycles. The highest BCUT2D eigenvalue weighted by Gasteiger charge is 2.31. The summed E-state index contributed by atoms with van der Waals surface area (Å²) in [7, 11) is 1.32. The van der Waals surface area contributed by atoms with Crippen molar-refractivity contribution >= 4 is 5.97 Å². The molecule has 18 heavy (non-hydrogen) atoms. The molecule has 0 heterocycles. The lowest BCUT2D eigenvalue weighted by Gasteiger charge is -2.25. The maximum absolute atomic E-state index is 12.2. The van der Waals surface area contributed by atoms with Gasteiger partial charge in [-0.3, -0.25) is 9.69 Å². The standard InChI is InChI=1S/C11H21F3N2O2/c1-5-18-10(17)9(15-8(2)3)6-16(4)7-11(12,13)14/h8-9,15H,5-7H2,1-4H3. The highest BCUT2D eigenvalue weighted by molar-refractivity contribution is 5.76. The van der Waals surface area contributed by atoms with Crippen LogP contribution in [0.4, 0.5) is 13.2 Å². The van der Waals surface area contributed by atoms with E-state index in [0.717, 1.165) is 4.90 Å². The van der Waals surface area contributed by atoms with Crippen molar-refractivity contribution in [3.8, 4) is 0 Å². The summed E-state index contributed by atoms with van der Waals surface area (Å²) < 4.78 is 41.4. The first kappa shape index (κ1) is 17.2. The van der Waals surface area contributed by atoms with E-state index in [0.29, 0.717) is 0 Å². The monoisotopic (exact) mass is 270 g/mol. The topological polar surface area (TPSA) is 41.6 Å². The first-order chi connectivity index (χ1) is 8.15. The van der Waals surface area contributed by atoms with Gasteiger partial charge in [-0.1, -0.05) is 13.8 Å². The Morgan fingerprint density at radius 1 is 1.39 bits per heavy atom. The van der Waals surface area contributed by atoms with Crippen molar-refractivity contribution in [1.82, 2.24) is 10.2 Å². The highest BCUT2D eigenvalue weighted by Crippen LogP contribution is 2.15. The maximum Gasteiger partial charge on any atom is 0.401 e. The van der Waals surface area contributed by atoms with Gasteiger partial charge in [-0.25, -0.2) is 0 Å². The molecule has 0 aliphatic rings. The van der Waals surface area contributed by atoms with E-state index >= 15 is 0 Å². The molecule has 1 atom stereocenters. The second-order valence-corrected chi connectivity index (χ2v) is 4.44. The van der Waals surface area contributed by atoms with Crippen molar-refractivity contribution in [2.24, 2.45) is 0 Å². The molecule has 1 N–H and O–H groups in total. The molecule has 1 unspecified atom stereocenters. The van der Waals surface area contributed by atoms with Crippen LogP contribution in [0.1, 0.15) is 20.8 Å². The number of nitrogens with zero attached hydrogens (tertiary/aromatic N) is 1. The fourth-order valence-electron chi connectivity index (χ4n) is 1.52. The number of alkyl halides is 3. The van der Waals surface area contributed by atoms with Crippen molar-refractivity contribution in [3.63, 3.8) is 0 Å². The first-order valence-electron chi connectivity index (χ1n) is 5.83. The van der Waals surface area contributed by atoms with Gasteiger partial charge in [0, 0.05) is 12.6 Å². The zero-order chi connectivity index (χ0) is 14.3. The normalized spacial score (nSPS) is 14.1. The van der Waals surface area contributed by atoms with Crippen LogP contribution < -0.4 is 5.32 Å². The SMILES string of the molecule is CCOC(=O)C(CN(C)CC(F)(F)F)NC(C)C. The van der Waals surface area contributed by atoms with E-state index in [9.17, 15) is 18.0 Å². The molecule has 0 fully saturated rings. The molecule has 0 saturated carbocycles. The van der Waals surface area contributed by atoms with Crippen LogP contribution in [0.2, 0.25) is 0 Å². The Bertz CT molecular complexity index is 257. The zero-order valence-corrected chi connectivity index (χ0v) is 11.2. The molecule has 0 rings (SSSR count). The van der Waals surface area contributed by atoms with Crippen LogP contribution in [0, 0.1) is 0 Å². The molecule has 0 aromatic carbocycles. The quantitative estimate of drug-likeness (QED) is 0.710. The van der Waals surface area contributed by atoms with Crippen LogP contribution in [-0.2, 0) is 9.53 Å². The van der Waals surface area contributed by atoms with Gasteiger partial charge in [0.25, 0.3) is 0 Å². The number of ether oxygens (including phenoxy) is 1. The van der Waals surface area contributed by atoms with Crippen molar-refractivity contribution in [2.45, 2.75) is 39.0 Å². The largest absolute Gasteiger partial charge is 0.465 e. The predicted molar refractivity (Wildman–Crippen MR) is 62.2 cm³/mol. The number of likely N-dealkylation sites (N-methyl/N-ethyl adjacent to an activating group) is 1. The average molecular weight is 270 g/mol. The Kier molecular flexibility index (Phi) is 7.23. The molecule has 0 aliphatic heterocycles. The minimum Gasteiger partial charge on any atom is -0.465 e.